The van der Waals surface area contributed by atoms with Crippen molar-refractivity contribution >= 4 is 25.6 Å². The first-order valence-electron chi connectivity index (χ1n) is 6.50. The molecular weight excluding hydrogens is 324 g/mol. The van der Waals surface area contributed by atoms with E-state index < -0.39 is 37.1 Å². The summed E-state index contributed by atoms with van der Waals surface area (Å²) >= 11 is 0. The van der Waals surface area contributed by atoms with Crippen LogP contribution in [0.15, 0.2) is 17.0 Å². The van der Waals surface area contributed by atoms with Gasteiger partial charge in [0.05, 0.1) is 5.56 Å². The van der Waals surface area contributed by atoms with E-state index in [2.05, 4.69) is 0 Å². The Balaban J connectivity index is 2.46. The monoisotopic (exact) mass is 337 g/mol. The number of carbonyl (C=O) groups is 1. The van der Waals surface area contributed by atoms with Gasteiger partial charge < -0.3 is 4.90 Å². The number of hydrogen-bond acceptors (Lipinski definition) is 3. The van der Waals surface area contributed by atoms with Crippen molar-refractivity contribution in [2.45, 2.75) is 37.1 Å². The lowest BCUT2D eigenvalue weighted by molar-refractivity contribution is 0.0728. The summed E-state index contributed by atoms with van der Waals surface area (Å²) in [5, 5.41) is 0. The smallest absolute Gasteiger partial charge is 0.264 e. The molecule has 21 heavy (non-hydrogen) atoms. The molecule has 8 heteroatoms. The SMILES string of the molecule is CCC1CCCN1C(=O)c1cc(S(=O)(=O)Cl)c(F)cc1F. The average molecular weight is 338 g/mol. The first-order valence-corrected chi connectivity index (χ1v) is 8.81. The first-order chi connectivity index (χ1) is 9.75. The third-order valence-corrected chi connectivity index (χ3v) is 4.96. The lowest BCUT2D eigenvalue weighted by atomic mass is 10.1. The second-order valence-electron chi connectivity index (χ2n) is 4.90. The second-order valence-corrected chi connectivity index (χ2v) is 7.44. The van der Waals surface area contributed by atoms with Crippen LogP contribution in [0.2, 0.25) is 0 Å². The van der Waals surface area contributed by atoms with E-state index in [0.29, 0.717) is 18.7 Å². The molecule has 0 N–H and O–H groups in total. The van der Waals surface area contributed by atoms with E-state index in [1.165, 1.54) is 4.90 Å². The zero-order chi connectivity index (χ0) is 15.8. The zero-order valence-corrected chi connectivity index (χ0v) is 12.8. The minimum atomic E-state index is -4.39. The molecule has 1 atom stereocenters. The van der Waals surface area contributed by atoms with Crippen molar-refractivity contribution in [1.29, 1.82) is 0 Å². The molecule has 1 saturated heterocycles. The maximum absolute atomic E-state index is 13.8. The fraction of sp³-hybridized carbons (Fsp3) is 0.462. The molecule has 1 fully saturated rings. The number of benzene rings is 1. The van der Waals surface area contributed by atoms with Gasteiger partial charge in [-0.05, 0) is 25.3 Å². The lowest BCUT2D eigenvalue weighted by Gasteiger charge is -2.24. The number of nitrogens with zero attached hydrogens (tertiary/aromatic N) is 1. The Bertz CT molecular complexity index is 678. The Kier molecular flexibility index (Phi) is 4.53. The quantitative estimate of drug-likeness (QED) is 0.797. The van der Waals surface area contributed by atoms with E-state index >= 15 is 0 Å². The standard InChI is InChI=1S/C13H14ClF2NO3S/c1-2-8-4-3-5-17(8)13(18)9-6-12(21(14,19)20)11(16)7-10(9)15/h6-8H,2-5H2,1H3. The molecule has 1 aliphatic heterocycles. The van der Waals surface area contributed by atoms with Gasteiger partial charge in [0.15, 0.2) is 0 Å². The van der Waals surface area contributed by atoms with Crippen LogP contribution in [-0.2, 0) is 9.05 Å². The molecule has 1 aromatic carbocycles. The van der Waals surface area contributed by atoms with Gasteiger partial charge in [-0.15, -0.1) is 0 Å². The van der Waals surface area contributed by atoms with Crippen molar-refractivity contribution in [2.24, 2.45) is 0 Å². The van der Waals surface area contributed by atoms with Crippen molar-refractivity contribution in [3.8, 4) is 0 Å². The van der Waals surface area contributed by atoms with E-state index in [-0.39, 0.29) is 6.04 Å². The van der Waals surface area contributed by atoms with Crippen LogP contribution in [0.5, 0.6) is 0 Å². The molecule has 0 bridgehead atoms. The summed E-state index contributed by atoms with van der Waals surface area (Å²) in [4.78, 5) is 13.0. The molecule has 1 aromatic rings. The maximum atomic E-state index is 13.8. The third-order valence-electron chi connectivity index (χ3n) is 3.62. The number of rotatable bonds is 3. The number of likely N-dealkylation sites (tertiary alicyclic amines) is 1. The largest absolute Gasteiger partial charge is 0.336 e. The molecule has 0 aliphatic carbocycles. The molecule has 0 saturated carbocycles. The number of hydrogen-bond donors (Lipinski definition) is 0. The Morgan fingerprint density at radius 3 is 2.62 bits per heavy atom. The van der Waals surface area contributed by atoms with Crippen LogP contribution in [0.1, 0.15) is 36.5 Å². The first kappa shape index (κ1) is 16.2. The maximum Gasteiger partial charge on any atom is 0.264 e. The molecule has 1 heterocycles. The van der Waals surface area contributed by atoms with Gasteiger partial charge in [-0.25, -0.2) is 17.2 Å². The highest BCUT2D eigenvalue weighted by atomic mass is 35.7. The van der Waals surface area contributed by atoms with Crippen LogP contribution < -0.4 is 0 Å². The van der Waals surface area contributed by atoms with Gasteiger partial charge in [-0.3, -0.25) is 4.79 Å². The van der Waals surface area contributed by atoms with Gasteiger partial charge in [-0.1, -0.05) is 6.92 Å². The van der Waals surface area contributed by atoms with Gasteiger partial charge in [0, 0.05) is 29.3 Å². The molecule has 0 radical (unpaired) electrons. The van der Waals surface area contributed by atoms with E-state index in [1.807, 2.05) is 6.92 Å². The fourth-order valence-corrected chi connectivity index (χ4v) is 3.47. The highest BCUT2D eigenvalue weighted by molar-refractivity contribution is 8.13. The average Bonchev–Trinajstić information content (AvgIpc) is 2.84. The van der Waals surface area contributed by atoms with E-state index in [1.54, 1.807) is 0 Å². The summed E-state index contributed by atoms with van der Waals surface area (Å²) in [5.74, 6) is -3.05. The van der Waals surface area contributed by atoms with Crippen molar-refractivity contribution < 1.29 is 22.0 Å². The summed E-state index contributed by atoms with van der Waals surface area (Å²) in [5.41, 5.74) is -0.476. The molecule has 2 rings (SSSR count). The van der Waals surface area contributed by atoms with Crippen LogP contribution in [0.3, 0.4) is 0 Å². The molecule has 116 valence electrons. The Morgan fingerprint density at radius 2 is 2.05 bits per heavy atom. The van der Waals surface area contributed by atoms with Crippen LogP contribution in [-0.4, -0.2) is 31.8 Å². The van der Waals surface area contributed by atoms with Gasteiger partial charge in [-0.2, -0.15) is 0 Å². The van der Waals surface area contributed by atoms with Gasteiger partial charge in [0.2, 0.25) is 0 Å². The number of halogens is 3. The highest BCUT2D eigenvalue weighted by Crippen LogP contribution is 2.27. The topological polar surface area (TPSA) is 54.5 Å². The van der Waals surface area contributed by atoms with Crippen LogP contribution in [0.25, 0.3) is 0 Å². The number of carbonyl (C=O) groups excluding carboxylic acids is 1. The normalized spacial score (nSPS) is 19.0. The lowest BCUT2D eigenvalue weighted by Crippen LogP contribution is -2.35. The highest BCUT2D eigenvalue weighted by Gasteiger charge is 2.31. The summed E-state index contributed by atoms with van der Waals surface area (Å²) in [6, 6.07) is 1.03. The molecular formula is C13H14ClF2NO3S. The van der Waals surface area contributed by atoms with Crippen molar-refractivity contribution in [3.05, 3.63) is 29.3 Å². The summed E-state index contributed by atoms with van der Waals surface area (Å²) < 4.78 is 49.8. The number of amides is 1. The third kappa shape index (κ3) is 3.18. The van der Waals surface area contributed by atoms with Crippen LogP contribution in [0, 0.1) is 11.6 Å². The molecule has 1 amide bonds. The molecule has 0 spiro atoms. The van der Waals surface area contributed by atoms with Gasteiger partial charge in [0.1, 0.15) is 16.5 Å². The van der Waals surface area contributed by atoms with Crippen LogP contribution in [0.4, 0.5) is 8.78 Å². The Morgan fingerprint density at radius 1 is 1.38 bits per heavy atom. The minimum absolute atomic E-state index is 0.0157. The Labute approximate surface area is 126 Å². The second kappa shape index (κ2) is 5.88. The summed E-state index contributed by atoms with van der Waals surface area (Å²) in [6.45, 7) is 2.38. The van der Waals surface area contributed by atoms with Gasteiger partial charge >= 0.3 is 0 Å². The van der Waals surface area contributed by atoms with E-state index in [0.717, 1.165) is 19.3 Å². The van der Waals surface area contributed by atoms with E-state index in [4.69, 9.17) is 10.7 Å². The predicted octanol–water partition coefficient (Wildman–Crippen LogP) is 2.91. The van der Waals surface area contributed by atoms with Gasteiger partial charge in [0.25, 0.3) is 15.0 Å². The molecule has 0 aromatic heterocycles. The zero-order valence-electron chi connectivity index (χ0n) is 11.3. The van der Waals surface area contributed by atoms with Crippen molar-refractivity contribution in [3.63, 3.8) is 0 Å². The fourth-order valence-electron chi connectivity index (χ4n) is 2.56. The molecule has 1 unspecified atom stereocenters. The molecule has 4 nitrogen and oxygen atoms in total. The van der Waals surface area contributed by atoms with Crippen molar-refractivity contribution in [2.75, 3.05) is 6.54 Å². The van der Waals surface area contributed by atoms with E-state index in [9.17, 15) is 22.0 Å². The minimum Gasteiger partial charge on any atom is -0.336 e. The Hall–Kier alpha value is -1.21. The summed E-state index contributed by atoms with van der Waals surface area (Å²) in [7, 11) is 0.704. The van der Waals surface area contributed by atoms with Crippen LogP contribution >= 0.6 is 10.7 Å². The molecule has 1 aliphatic rings. The predicted molar refractivity (Wildman–Crippen MR) is 73.7 cm³/mol. The van der Waals surface area contributed by atoms with Crippen molar-refractivity contribution in [1.82, 2.24) is 4.90 Å². The summed E-state index contributed by atoms with van der Waals surface area (Å²) in [6.07, 6.45) is 2.33.